The van der Waals surface area contributed by atoms with Crippen LogP contribution in [0.4, 0.5) is 11.4 Å². The average molecular weight is 658 g/mol. The molecule has 226 valence electrons. The Balaban J connectivity index is 1.25. The van der Waals surface area contributed by atoms with E-state index in [0.29, 0.717) is 29.9 Å². The molecule has 2 aliphatic rings. The van der Waals surface area contributed by atoms with Crippen LogP contribution in [0.5, 0.6) is 11.5 Å². The average Bonchev–Trinajstić information content (AvgIpc) is 3.08. The summed E-state index contributed by atoms with van der Waals surface area (Å²) in [5.74, 6) is 2.05. The van der Waals surface area contributed by atoms with Crippen LogP contribution < -0.4 is 14.4 Å². The number of methoxy groups -OCH3 is 1. The van der Waals surface area contributed by atoms with Gasteiger partial charge in [0.05, 0.1) is 17.3 Å². The first-order valence-corrected chi connectivity index (χ1v) is 16.5. The van der Waals surface area contributed by atoms with Crippen LogP contribution in [0.1, 0.15) is 63.6 Å². The van der Waals surface area contributed by atoms with Gasteiger partial charge in [-0.15, -0.1) is 0 Å². The first-order chi connectivity index (χ1) is 22.1. The number of rotatable bonds is 8. The van der Waals surface area contributed by atoms with Gasteiger partial charge in [-0.05, 0) is 93.3 Å². The summed E-state index contributed by atoms with van der Waals surface area (Å²) in [5, 5.41) is 0. The van der Waals surface area contributed by atoms with Crippen molar-refractivity contribution in [3.05, 3.63) is 153 Å². The number of halogens is 1. The normalized spacial score (nSPS) is 17.3. The van der Waals surface area contributed by atoms with E-state index in [1.165, 1.54) is 33.5 Å². The van der Waals surface area contributed by atoms with Crippen molar-refractivity contribution >= 4 is 33.5 Å². The number of nitrogens with zero attached hydrogens (tertiary/aromatic N) is 2. The molecular formula is C40H37BrN2O2. The van der Waals surface area contributed by atoms with Crippen LogP contribution in [0.15, 0.2) is 119 Å². The highest BCUT2D eigenvalue weighted by molar-refractivity contribution is 9.10. The molecule has 0 saturated heterocycles. The molecule has 0 spiro atoms. The topological polar surface area (TPSA) is 34.1 Å². The van der Waals surface area contributed by atoms with E-state index in [9.17, 15) is 0 Å². The Bertz CT molecular complexity index is 1750. The minimum absolute atomic E-state index is 0.347. The Kier molecular flexibility index (Phi) is 8.45. The van der Waals surface area contributed by atoms with Gasteiger partial charge in [-0.25, -0.2) is 0 Å². The molecule has 0 unspecified atom stereocenters. The van der Waals surface area contributed by atoms with Crippen LogP contribution in [0.2, 0.25) is 0 Å². The smallest absolute Gasteiger partial charge is 0.175 e. The largest absolute Gasteiger partial charge is 0.493 e. The van der Waals surface area contributed by atoms with Gasteiger partial charge in [0.25, 0.3) is 0 Å². The number of aliphatic imine (C=N–C) groups is 1. The first-order valence-electron chi connectivity index (χ1n) is 15.7. The molecule has 2 atom stereocenters. The second-order valence-electron chi connectivity index (χ2n) is 12.0. The van der Waals surface area contributed by atoms with E-state index in [0.717, 1.165) is 47.2 Å². The summed E-state index contributed by atoms with van der Waals surface area (Å²) in [6.45, 7) is 4.71. The molecule has 5 heteroatoms. The van der Waals surface area contributed by atoms with Gasteiger partial charge >= 0.3 is 0 Å². The van der Waals surface area contributed by atoms with Crippen molar-refractivity contribution < 1.29 is 9.47 Å². The predicted molar refractivity (Wildman–Crippen MR) is 188 cm³/mol. The molecule has 0 amide bonds. The molecule has 0 aliphatic carbocycles. The van der Waals surface area contributed by atoms with E-state index in [1.54, 1.807) is 7.11 Å². The second kappa shape index (κ2) is 12.9. The van der Waals surface area contributed by atoms with Crippen molar-refractivity contribution in [2.45, 2.75) is 38.2 Å². The first kappa shape index (κ1) is 29.4. The van der Waals surface area contributed by atoms with Gasteiger partial charge in [-0.2, -0.15) is 0 Å². The highest BCUT2D eigenvalue weighted by atomic mass is 79.9. The molecule has 0 bridgehead atoms. The Morgan fingerprint density at radius 1 is 0.800 bits per heavy atom. The molecule has 0 radical (unpaired) electrons. The molecule has 0 aromatic heterocycles. The van der Waals surface area contributed by atoms with Gasteiger partial charge in [0.2, 0.25) is 0 Å². The minimum Gasteiger partial charge on any atom is -0.493 e. The van der Waals surface area contributed by atoms with Crippen molar-refractivity contribution in [1.29, 1.82) is 0 Å². The highest BCUT2D eigenvalue weighted by Crippen LogP contribution is 2.50. The summed E-state index contributed by atoms with van der Waals surface area (Å²) in [4.78, 5) is 7.69. The van der Waals surface area contributed by atoms with Crippen LogP contribution >= 0.6 is 15.9 Å². The van der Waals surface area contributed by atoms with Crippen LogP contribution in [-0.4, -0.2) is 26.4 Å². The Morgan fingerprint density at radius 2 is 1.40 bits per heavy atom. The third-order valence-corrected chi connectivity index (χ3v) is 9.71. The number of aryl methyl sites for hydroxylation is 1. The maximum Gasteiger partial charge on any atom is 0.175 e. The van der Waals surface area contributed by atoms with Gasteiger partial charge in [0.1, 0.15) is 6.61 Å². The fraction of sp³-hybridized carbons (Fsp3) is 0.225. The number of hydrogen-bond acceptors (Lipinski definition) is 4. The number of anilines is 1. The van der Waals surface area contributed by atoms with Gasteiger partial charge in [0, 0.05) is 36.8 Å². The summed E-state index contributed by atoms with van der Waals surface area (Å²) in [6.07, 6.45) is 4.14. The summed E-state index contributed by atoms with van der Waals surface area (Å²) in [5.41, 5.74) is 11.2. The zero-order valence-electron chi connectivity index (χ0n) is 25.7. The van der Waals surface area contributed by atoms with Gasteiger partial charge in [0.15, 0.2) is 11.5 Å². The fourth-order valence-electron chi connectivity index (χ4n) is 6.86. The number of ether oxygens (including phenoxy) is 2. The molecular weight excluding hydrogens is 620 g/mol. The van der Waals surface area contributed by atoms with E-state index < -0.39 is 0 Å². The Hall–Kier alpha value is -4.35. The lowest BCUT2D eigenvalue weighted by molar-refractivity contribution is 0.282. The quantitative estimate of drug-likeness (QED) is 0.156. The van der Waals surface area contributed by atoms with E-state index in [-0.39, 0.29) is 0 Å². The summed E-state index contributed by atoms with van der Waals surface area (Å²) < 4.78 is 12.8. The molecule has 5 aromatic carbocycles. The number of hydrogen-bond donors (Lipinski definition) is 0. The van der Waals surface area contributed by atoms with Crippen LogP contribution in [0.25, 0.3) is 0 Å². The van der Waals surface area contributed by atoms with Crippen molar-refractivity contribution in [2.24, 2.45) is 4.99 Å². The van der Waals surface area contributed by atoms with Gasteiger partial charge < -0.3 is 14.4 Å². The number of benzene rings is 5. The van der Waals surface area contributed by atoms with Gasteiger partial charge in [-0.3, -0.25) is 4.99 Å². The lowest BCUT2D eigenvalue weighted by atomic mass is 9.76. The molecule has 5 aromatic rings. The van der Waals surface area contributed by atoms with Gasteiger partial charge in [-0.1, -0.05) is 90.5 Å². The molecule has 0 fully saturated rings. The lowest BCUT2D eigenvalue weighted by Crippen LogP contribution is -2.37. The third-order valence-electron chi connectivity index (χ3n) is 9.12. The highest BCUT2D eigenvalue weighted by Gasteiger charge is 2.35. The molecule has 0 N–H and O–H groups in total. The standard InChI is InChI=1S/C40H37BrN2O2/c1-27-13-15-28(16-14-27)26-45-40-37(41)21-29(22-38(40)44-2)25-42-32-23-35-33(30-9-5-3-6-10-30)17-19-43-20-18-34(36(24-32)39(35)43)31-11-7-4-8-12-31/h3-16,21-25,33-34H,17-20,26H2,1-2H3/t33-,34-/m0/s1. The van der Waals surface area contributed by atoms with Crippen molar-refractivity contribution in [1.82, 2.24) is 0 Å². The lowest BCUT2D eigenvalue weighted by Gasteiger charge is -2.43. The molecule has 45 heavy (non-hydrogen) atoms. The maximum absolute atomic E-state index is 6.20. The molecule has 2 heterocycles. The Morgan fingerprint density at radius 3 is 1.98 bits per heavy atom. The fourth-order valence-corrected chi connectivity index (χ4v) is 7.43. The van der Waals surface area contributed by atoms with Crippen molar-refractivity contribution in [3.63, 3.8) is 0 Å². The van der Waals surface area contributed by atoms with Crippen molar-refractivity contribution in [3.8, 4) is 11.5 Å². The van der Waals surface area contributed by atoms with Crippen LogP contribution in [0, 0.1) is 6.92 Å². The zero-order chi connectivity index (χ0) is 30.8. The Labute approximate surface area is 274 Å². The van der Waals surface area contributed by atoms with E-state index in [4.69, 9.17) is 14.5 Å². The maximum atomic E-state index is 6.20. The molecule has 7 rings (SSSR count). The summed E-state index contributed by atoms with van der Waals surface area (Å²) in [7, 11) is 1.68. The van der Waals surface area contributed by atoms with E-state index in [2.05, 4.69) is 125 Å². The SMILES string of the molecule is COc1cc(C=Nc2cc3c4c(c2)[C@H](c2ccccc2)CCN4CC[C@H]3c2ccccc2)cc(Br)c1OCc1ccc(C)cc1. The second-order valence-corrected chi connectivity index (χ2v) is 12.9. The third kappa shape index (κ3) is 6.14. The molecule has 2 aliphatic heterocycles. The zero-order valence-corrected chi connectivity index (χ0v) is 27.3. The van der Waals surface area contributed by atoms with Crippen molar-refractivity contribution in [2.75, 3.05) is 25.1 Å². The molecule has 4 nitrogen and oxygen atoms in total. The van der Waals surface area contributed by atoms with E-state index in [1.807, 2.05) is 18.3 Å². The minimum atomic E-state index is 0.347. The summed E-state index contributed by atoms with van der Waals surface area (Å²) >= 11 is 3.73. The van der Waals surface area contributed by atoms with E-state index >= 15 is 0 Å². The van der Waals surface area contributed by atoms with Crippen LogP contribution in [0.3, 0.4) is 0 Å². The monoisotopic (exact) mass is 656 g/mol. The summed E-state index contributed by atoms with van der Waals surface area (Å²) in [6, 6.07) is 38.9. The van der Waals surface area contributed by atoms with Crippen LogP contribution in [-0.2, 0) is 6.61 Å². The predicted octanol–water partition coefficient (Wildman–Crippen LogP) is 9.97. The molecule has 0 saturated carbocycles.